The van der Waals surface area contributed by atoms with Crippen molar-refractivity contribution in [2.75, 3.05) is 24.7 Å². The number of carbonyl (C=O) groups is 1. The van der Waals surface area contributed by atoms with Crippen molar-refractivity contribution < 1.29 is 18.7 Å². The molecule has 1 aliphatic rings. The molecule has 1 unspecified atom stereocenters. The van der Waals surface area contributed by atoms with Gasteiger partial charge in [0.15, 0.2) is 0 Å². The van der Waals surface area contributed by atoms with Crippen LogP contribution in [0.4, 0.5) is 0 Å². The summed E-state index contributed by atoms with van der Waals surface area (Å²) in [6, 6.07) is 16.0. The van der Waals surface area contributed by atoms with Gasteiger partial charge in [-0.3, -0.25) is 9.69 Å². The maximum Gasteiger partial charge on any atom is 0.324 e. The number of carbonyl (C=O) groups excluding carboxylic acids is 1. The molecule has 1 aromatic heterocycles. The lowest BCUT2D eigenvalue weighted by atomic mass is 10.1. The largest absolute Gasteiger partial charge is 0.487 e. The molecular weight excluding hydrogens is 436 g/mol. The summed E-state index contributed by atoms with van der Waals surface area (Å²) in [6.07, 6.45) is 0. The number of rotatable bonds is 8. The Bertz CT molecular complexity index is 1060. The number of oxazole rings is 1. The number of aryl methyl sites for hydroxylation is 2. The fraction of sp³-hybridized carbons (Fsp3) is 0.385. The number of hydrogen-bond acceptors (Lipinski definition) is 7. The number of esters is 1. The van der Waals surface area contributed by atoms with Crippen LogP contribution in [0.25, 0.3) is 11.5 Å². The topological polar surface area (TPSA) is 64.8 Å². The van der Waals surface area contributed by atoms with E-state index in [-0.39, 0.29) is 12.0 Å². The minimum Gasteiger partial charge on any atom is -0.487 e. The minimum absolute atomic E-state index is 0.127. The normalized spacial score (nSPS) is 16.5. The predicted octanol–water partition coefficient (Wildman–Crippen LogP) is 5.02. The second-order valence-electron chi connectivity index (χ2n) is 8.13. The Hall–Kier alpha value is -2.77. The lowest BCUT2D eigenvalue weighted by Crippen LogP contribution is -2.47. The first-order valence-corrected chi connectivity index (χ1v) is 12.4. The van der Waals surface area contributed by atoms with Crippen molar-refractivity contribution in [2.24, 2.45) is 0 Å². The van der Waals surface area contributed by atoms with E-state index in [1.54, 1.807) is 11.8 Å². The van der Waals surface area contributed by atoms with Crippen LogP contribution >= 0.6 is 11.8 Å². The molecule has 1 fully saturated rings. The Labute approximate surface area is 199 Å². The lowest BCUT2D eigenvalue weighted by Gasteiger charge is -2.33. The summed E-state index contributed by atoms with van der Waals surface area (Å²) in [4.78, 5) is 19.1. The molecule has 0 aliphatic carbocycles. The SMILES string of the molecule is CCOC(=O)C1CSCCN1Cc1ccc(OCc2nc(-c3ccc(C)cc3)oc2C)cc1. The number of ether oxygens (including phenoxy) is 2. The van der Waals surface area contributed by atoms with Gasteiger partial charge in [0.1, 0.15) is 29.9 Å². The molecule has 3 aromatic rings. The molecule has 1 aliphatic heterocycles. The number of benzene rings is 2. The van der Waals surface area contributed by atoms with E-state index in [0.29, 0.717) is 25.6 Å². The van der Waals surface area contributed by atoms with Crippen LogP contribution in [0.2, 0.25) is 0 Å². The first kappa shape index (κ1) is 23.4. The van der Waals surface area contributed by atoms with Crippen molar-refractivity contribution in [3.8, 4) is 17.2 Å². The van der Waals surface area contributed by atoms with E-state index in [4.69, 9.17) is 13.9 Å². The Morgan fingerprint density at radius 2 is 1.91 bits per heavy atom. The lowest BCUT2D eigenvalue weighted by molar-refractivity contribution is -0.148. The summed E-state index contributed by atoms with van der Waals surface area (Å²) < 4.78 is 17.1. The quantitative estimate of drug-likeness (QED) is 0.432. The van der Waals surface area contributed by atoms with E-state index in [9.17, 15) is 4.79 Å². The Morgan fingerprint density at radius 1 is 1.15 bits per heavy atom. The predicted molar refractivity (Wildman–Crippen MR) is 130 cm³/mol. The molecule has 0 N–H and O–H groups in total. The van der Waals surface area contributed by atoms with Gasteiger partial charge in [0, 0.05) is 30.2 Å². The van der Waals surface area contributed by atoms with Crippen LogP contribution in [0.15, 0.2) is 52.9 Å². The highest BCUT2D eigenvalue weighted by Crippen LogP contribution is 2.24. The number of nitrogens with zero attached hydrogens (tertiary/aromatic N) is 2. The molecule has 1 saturated heterocycles. The van der Waals surface area contributed by atoms with Gasteiger partial charge in [-0.05, 0) is 50.6 Å². The molecule has 4 rings (SSSR count). The van der Waals surface area contributed by atoms with E-state index in [0.717, 1.165) is 46.4 Å². The number of thioether (sulfide) groups is 1. The fourth-order valence-corrected chi connectivity index (χ4v) is 4.84. The van der Waals surface area contributed by atoms with Gasteiger partial charge < -0.3 is 13.9 Å². The van der Waals surface area contributed by atoms with Gasteiger partial charge in [-0.2, -0.15) is 11.8 Å². The molecule has 0 radical (unpaired) electrons. The first-order chi connectivity index (χ1) is 16.0. The molecule has 0 amide bonds. The van der Waals surface area contributed by atoms with Gasteiger partial charge in [-0.15, -0.1) is 0 Å². The van der Waals surface area contributed by atoms with E-state index in [2.05, 4.69) is 16.8 Å². The van der Waals surface area contributed by atoms with Gasteiger partial charge >= 0.3 is 5.97 Å². The minimum atomic E-state index is -0.183. The van der Waals surface area contributed by atoms with Crippen LogP contribution in [0.3, 0.4) is 0 Å². The molecule has 1 atom stereocenters. The van der Waals surface area contributed by atoms with Crippen molar-refractivity contribution >= 4 is 17.7 Å². The van der Waals surface area contributed by atoms with Gasteiger partial charge in [0.25, 0.3) is 0 Å². The van der Waals surface area contributed by atoms with E-state index >= 15 is 0 Å². The van der Waals surface area contributed by atoms with Crippen molar-refractivity contribution in [3.05, 3.63) is 71.1 Å². The van der Waals surface area contributed by atoms with E-state index < -0.39 is 0 Å². The third-order valence-electron chi connectivity index (χ3n) is 5.67. The molecule has 0 spiro atoms. The summed E-state index contributed by atoms with van der Waals surface area (Å²) in [5, 5.41) is 0. The maximum absolute atomic E-state index is 12.3. The molecular formula is C26H30N2O4S. The Balaban J connectivity index is 1.35. The summed E-state index contributed by atoms with van der Waals surface area (Å²) in [5.41, 5.74) is 4.08. The molecule has 33 heavy (non-hydrogen) atoms. The van der Waals surface area contributed by atoms with Crippen molar-refractivity contribution in [2.45, 2.75) is 40.0 Å². The third-order valence-corrected chi connectivity index (χ3v) is 6.70. The van der Waals surface area contributed by atoms with Crippen LogP contribution in [-0.2, 0) is 22.7 Å². The van der Waals surface area contributed by atoms with Crippen LogP contribution in [0, 0.1) is 13.8 Å². The average molecular weight is 467 g/mol. The molecule has 0 bridgehead atoms. The van der Waals surface area contributed by atoms with Gasteiger partial charge in [-0.1, -0.05) is 29.8 Å². The van der Waals surface area contributed by atoms with Crippen molar-refractivity contribution in [1.82, 2.24) is 9.88 Å². The van der Waals surface area contributed by atoms with Gasteiger partial charge in [0.2, 0.25) is 5.89 Å². The average Bonchev–Trinajstić information content (AvgIpc) is 3.20. The number of hydrogen-bond donors (Lipinski definition) is 0. The smallest absolute Gasteiger partial charge is 0.324 e. The second kappa shape index (κ2) is 10.9. The maximum atomic E-state index is 12.3. The summed E-state index contributed by atoms with van der Waals surface area (Å²) in [7, 11) is 0. The van der Waals surface area contributed by atoms with Crippen LogP contribution in [-0.4, -0.2) is 46.6 Å². The van der Waals surface area contributed by atoms with Crippen LogP contribution < -0.4 is 4.74 Å². The van der Waals surface area contributed by atoms with Crippen molar-refractivity contribution in [1.29, 1.82) is 0 Å². The molecule has 2 heterocycles. The first-order valence-electron chi connectivity index (χ1n) is 11.3. The summed E-state index contributed by atoms with van der Waals surface area (Å²) in [5.74, 6) is 3.82. The Morgan fingerprint density at radius 3 is 2.64 bits per heavy atom. The van der Waals surface area contributed by atoms with Crippen LogP contribution in [0.1, 0.15) is 29.5 Å². The highest BCUT2D eigenvalue weighted by atomic mass is 32.2. The zero-order valence-electron chi connectivity index (χ0n) is 19.4. The zero-order valence-corrected chi connectivity index (χ0v) is 20.2. The van der Waals surface area contributed by atoms with Crippen molar-refractivity contribution in [3.63, 3.8) is 0 Å². The molecule has 6 nitrogen and oxygen atoms in total. The Kier molecular flexibility index (Phi) is 7.73. The second-order valence-corrected chi connectivity index (χ2v) is 9.28. The van der Waals surface area contributed by atoms with Crippen LogP contribution in [0.5, 0.6) is 5.75 Å². The highest BCUT2D eigenvalue weighted by Gasteiger charge is 2.30. The molecule has 2 aromatic carbocycles. The standard InChI is InChI=1S/C26H30N2O4S/c1-4-30-26(29)24-17-33-14-13-28(24)15-20-7-11-22(12-8-20)31-16-23-19(3)32-25(27-23)21-9-5-18(2)6-10-21/h5-12,24H,4,13-17H2,1-3H3. The summed E-state index contributed by atoms with van der Waals surface area (Å²) in [6.45, 7) is 8.16. The van der Waals surface area contributed by atoms with E-state index in [1.807, 2.05) is 62.4 Å². The molecule has 174 valence electrons. The van der Waals surface area contributed by atoms with Gasteiger partial charge in [-0.25, -0.2) is 4.98 Å². The zero-order chi connectivity index (χ0) is 23.2. The third kappa shape index (κ3) is 5.97. The monoisotopic (exact) mass is 466 g/mol. The highest BCUT2D eigenvalue weighted by molar-refractivity contribution is 7.99. The van der Waals surface area contributed by atoms with E-state index in [1.165, 1.54) is 5.56 Å². The summed E-state index contributed by atoms with van der Waals surface area (Å²) >= 11 is 1.80. The van der Waals surface area contributed by atoms with Gasteiger partial charge in [0.05, 0.1) is 6.61 Å². The molecule has 7 heteroatoms. The molecule has 0 saturated carbocycles. The number of aromatic nitrogens is 1. The fourth-order valence-electron chi connectivity index (χ4n) is 3.74.